The van der Waals surface area contributed by atoms with Crippen molar-refractivity contribution in [2.75, 3.05) is 20.1 Å². The molecule has 0 spiro atoms. The zero-order valence-electron chi connectivity index (χ0n) is 12.0. The van der Waals surface area contributed by atoms with Gasteiger partial charge >= 0.3 is 0 Å². The van der Waals surface area contributed by atoms with Crippen molar-refractivity contribution in [2.45, 2.75) is 30.7 Å². The highest BCUT2D eigenvalue weighted by Gasteiger charge is 2.30. The van der Waals surface area contributed by atoms with Gasteiger partial charge in [-0.2, -0.15) is 4.31 Å². The molecule has 1 unspecified atom stereocenters. The van der Waals surface area contributed by atoms with Crippen LogP contribution >= 0.6 is 0 Å². The third kappa shape index (κ3) is 2.43. The van der Waals surface area contributed by atoms with Crippen LogP contribution in [0.1, 0.15) is 19.0 Å². The molecule has 1 saturated heterocycles. The van der Waals surface area contributed by atoms with Gasteiger partial charge in [0.1, 0.15) is 4.90 Å². The molecule has 114 valence electrons. The first-order chi connectivity index (χ1) is 10.0. The SMILES string of the molecule is CCc1noc2ncc(S(=O)(=O)N(C)C3CCNC3)cc12. The Bertz CT molecular complexity index is 750. The van der Waals surface area contributed by atoms with Crippen LogP contribution in [0.2, 0.25) is 0 Å². The summed E-state index contributed by atoms with van der Waals surface area (Å²) < 4.78 is 31.9. The lowest BCUT2D eigenvalue weighted by Crippen LogP contribution is -2.38. The molecule has 1 aliphatic heterocycles. The summed E-state index contributed by atoms with van der Waals surface area (Å²) in [5.41, 5.74) is 1.09. The van der Waals surface area contributed by atoms with E-state index in [-0.39, 0.29) is 10.9 Å². The number of aromatic nitrogens is 2. The fourth-order valence-electron chi connectivity index (χ4n) is 2.57. The second kappa shape index (κ2) is 5.36. The Kier molecular flexibility index (Phi) is 3.68. The predicted octanol–water partition coefficient (Wildman–Crippen LogP) is 0.768. The number of aryl methyl sites for hydroxylation is 1. The summed E-state index contributed by atoms with van der Waals surface area (Å²) >= 11 is 0. The lowest BCUT2D eigenvalue weighted by molar-refractivity contribution is 0.387. The predicted molar refractivity (Wildman–Crippen MR) is 77.4 cm³/mol. The van der Waals surface area contributed by atoms with Gasteiger partial charge in [-0.1, -0.05) is 12.1 Å². The summed E-state index contributed by atoms with van der Waals surface area (Å²) in [5, 5.41) is 7.74. The lowest BCUT2D eigenvalue weighted by atomic mass is 10.2. The van der Waals surface area contributed by atoms with Gasteiger partial charge in [-0.3, -0.25) is 0 Å². The lowest BCUT2D eigenvalue weighted by Gasteiger charge is -2.22. The largest absolute Gasteiger partial charge is 0.336 e. The Balaban J connectivity index is 2.01. The Morgan fingerprint density at radius 3 is 3.00 bits per heavy atom. The number of nitrogens with zero attached hydrogens (tertiary/aromatic N) is 3. The normalized spacial score (nSPS) is 19.7. The van der Waals surface area contributed by atoms with E-state index in [1.54, 1.807) is 13.1 Å². The summed E-state index contributed by atoms with van der Waals surface area (Å²) in [6, 6.07) is 1.59. The zero-order valence-corrected chi connectivity index (χ0v) is 12.9. The Hall–Kier alpha value is -1.51. The molecular formula is C13H18N4O3S. The van der Waals surface area contributed by atoms with E-state index in [0.717, 1.165) is 18.7 Å². The van der Waals surface area contributed by atoms with Gasteiger partial charge in [0, 0.05) is 19.6 Å². The average Bonchev–Trinajstić information content (AvgIpc) is 3.14. The molecule has 1 atom stereocenters. The van der Waals surface area contributed by atoms with Crippen molar-refractivity contribution in [3.05, 3.63) is 18.0 Å². The molecule has 0 saturated carbocycles. The molecule has 0 aromatic carbocycles. The summed E-state index contributed by atoms with van der Waals surface area (Å²) in [6.07, 6.45) is 2.82. The van der Waals surface area contributed by atoms with Gasteiger partial charge in [0.25, 0.3) is 5.71 Å². The van der Waals surface area contributed by atoms with Gasteiger partial charge in [0.15, 0.2) is 0 Å². The van der Waals surface area contributed by atoms with Crippen LogP contribution in [0.25, 0.3) is 11.1 Å². The molecule has 7 nitrogen and oxygen atoms in total. The van der Waals surface area contributed by atoms with Crippen LogP contribution in [0.15, 0.2) is 21.7 Å². The molecule has 1 aliphatic rings. The van der Waals surface area contributed by atoms with E-state index in [0.29, 0.717) is 24.1 Å². The first-order valence-corrected chi connectivity index (χ1v) is 8.41. The van der Waals surface area contributed by atoms with Gasteiger partial charge in [-0.15, -0.1) is 0 Å². The highest BCUT2D eigenvalue weighted by molar-refractivity contribution is 7.89. The summed E-state index contributed by atoms with van der Waals surface area (Å²) in [6.45, 7) is 3.46. The number of pyridine rings is 1. The molecular weight excluding hydrogens is 292 g/mol. The number of rotatable bonds is 4. The Morgan fingerprint density at radius 1 is 1.52 bits per heavy atom. The second-order valence-electron chi connectivity index (χ2n) is 5.17. The van der Waals surface area contributed by atoms with E-state index in [1.807, 2.05) is 6.92 Å². The standard InChI is InChI=1S/C13H18N4O3S/c1-3-12-11-6-10(8-15-13(11)20-16-12)21(18,19)17(2)9-4-5-14-7-9/h6,8-9,14H,3-5,7H2,1-2H3. The van der Waals surface area contributed by atoms with E-state index >= 15 is 0 Å². The van der Waals surface area contributed by atoms with E-state index in [9.17, 15) is 8.42 Å². The van der Waals surface area contributed by atoms with E-state index in [4.69, 9.17) is 4.52 Å². The van der Waals surface area contributed by atoms with E-state index < -0.39 is 10.0 Å². The van der Waals surface area contributed by atoms with E-state index in [1.165, 1.54) is 10.5 Å². The molecule has 2 aromatic rings. The molecule has 8 heteroatoms. The molecule has 0 radical (unpaired) electrons. The van der Waals surface area contributed by atoms with Crippen LogP contribution in [0, 0.1) is 0 Å². The van der Waals surface area contributed by atoms with E-state index in [2.05, 4.69) is 15.5 Å². The summed E-state index contributed by atoms with van der Waals surface area (Å²) in [5.74, 6) is 0. The van der Waals surface area contributed by atoms with Crippen LogP contribution in [0.3, 0.4) is 0 Å². The van der Waals surface area contributed by atoms with Crippen LogP contribution < -0.4 is 5.32 Å². The first kappa shape index (κ1) is 14.4. The van der Waals surface area contributed by atoms with Crippen LogP contribution in [0.4, 0.5) is 0 Å². The molecule has 0 aliphatic carbocycles. The maximum atomic E-state index is 12.7. The smallest absolute Gasteiger partial charge is 0.258 e. The maximum absolute atomic E-state index is 12.7. The van der Waals surface area contributed by atoms with Crippen molar-refractivity contribution in [2.24, 2.45) is 0 Å². The highest BCUT2D eigenvalue weighted by atomic mass is 32.2. The molecule has 21 heavy (non-hydrogen) atoms. The van der Waals surface area contributed by atoms with Gasteiger partial charge in [-0.05, 0) is 25.5 Å². The minimum absolute atomic E-state index is 0.0150. The van der Waals surface area contributed by atoms with Crippen LogP contribution in [-0.2, 0) is 16.4 Å². The number of likely N-dealkylation sites (N-methyl/N-ethyl adjacent to an activating group) is 1. The molecule has 3 heterocycles. The highest BCUT2D eigenvalue weighted by Crippen LogP contribution is 2.24. The molecule has 0 bridgehead atoms. The Morgan fingerprint density at radius 2 is 2.33 bits per heavy atom. The Labute approximate surface area is 123 Å². The molecule has 2 aromatic heterocycles. The minimum Gasteiger partial charge on any atom is -0.336 e. The van der Waals surface area contributed by atoms with Crippen LogP contribution in [-0.4, -0.2) is 49.0 Å². The zero-order chi connectivity index (χ0) is 15.0. The number of hydrogen-bond acceptors (Lipinski definition) is 6. The number of nitrogens with one attached hydrogen (secondary N) is 1. The number of sulfonamides is 1. The fraction of sp³-hybridized carbons (Fsp3) is 0.538. The van der Waals surface area contributed by atoms with Gasteiger partial charge in [0.2, 0.25) is 10.0 Å². The van der Waals surface area contributed by atoms with Crippen molar-refractivity contribution in [1.29, 1.82) is 0 Å². The monoisotopic (exact) mass is 310 g/mol. The summed E-state index contributed by atoms with van der Waals surface area (Å²) in [4.78, 5) is 4.26. The number of hydrogen-bond donors (Lipinski definition) is 1. The topological polar surface area (TPSA) is 88.3 Å². The second-order valence-corrected chi connectivity index (χ2v) is 7.17. The van der Waals surface area contributed by atoms with Gasteiger partial charge in [-0.25, -0.2) is 13.4 Å². The quantitative estimate of drug-likeness (QED) is 0.897. The van der Waals surface area contributed by atoms with Crippen LogP contribution in [0.5, 0.6) is 0 Å². The van der Waals surface area contributed by atoms with Crippen molar-refractivity contribution in [3.8, 4) is 0 Å². The van der Waals surface area contributed by atoms with Gasteiger partial charge in [0.05, 0.1) is 17.3 Å². The fourth-order valence-corrected chi connectivity index (χ4v) is 3.93. The third-order valence-electron chi connectivity index (χ3n) is 3.94. The average molecular weight is 310 g/mol. The molecule has 3 rings (SSSR count). The van der Waals surface area contributed by atoms with Crippen molar-refractivity contribution < 1.29 is 12.9 Å². The molecule has 1 fully saturated rings. The first-order valence-electron chi connectivity index (χ1n) is 6.97. The van der Waals surface area contributed by atoms with Crippen molar-refractivity contribution in [1.82, 2.24) is 19.8 Å². The third-order valence-corrected chi connectivity index (χ3v) is 5.82. The summed E-state index contributed by atoms with van der Waals surface area (Å²) in [7, 11) is -1.94. The number of fused-ring (bicyclic) bond motifs is 1. The maximum Gasteiger partial charge on any atom is 0.258 e. The van der Waals surface area contributed by atoms with Gasteiger partial charge < -0.3 is 9.84 Å². The van der Waals surface area contributed by atoms with Crippen molar-refractivity contribution in [3.63, 3.8) is 0 Å². The molecule has 1 N–H and O–H groups in total. The minimum atomic E-state index is -3.56. The molecule has 0 amide bonds. The van der Waals surface area contributed by atoms with Crippen molar-refractivity contribution >= 4 is 21.1 Å².